The van der Waals surface area contributed by atoms with Crippen LogP contribution in [-0.2, 0) is 0 Å². The number of carbonyl (C=O) groups excluding carboxylic acids is 1. The highest BCUT2D eigenvalue weighted by Crippen LogP contribution is 2.15. The Bertz CT molecular complexity index is 849. The molecule has 0 saturated heterocycles. The highest BCUT2D eigenvalue weighted by Gasteiger charge is 2.10. The lowest BCUT2D eigenvalue weighted by atomic mass is 10.2. The fraction of sp³-hybridized carbons (Fsp3) is 0. The number of para-hydroxylation sites is 1. The van der Waals surface area contributed by atoms with E-state index in [0.717, 1.165) is 10.9 Å². The number of fused-ring (bicyclic) bond motifs is 1. The van der Waals surface area contributed by atoms with Gasteiger partial charge < -0.3 is 4.74 Å². The molecule has 1 heterocycles. The molecule has 0 aliphatic carbocycles. The first-order chi connectivity index (χ1) is 10.3. The summed E-state index contributed by atoms with van der Waals surface area (Å²) in [5, 5.41) is 9.69. The molecule has 3 rings (SSSR count). The number of nitriles is 1. The molecule has 1 aromatic heterocycles. The van der Waals surface area contributed by atoms with Gasteiger partial charge in [-0.05, 0) is 36.4 Å². The molecule has 0 amide bonds. The molecule has 0 bridgehead atoms. The number of hydrogen-bond donors (Lipinski definition) is 0. The second-order valence-corrected chi connectivity index (χ2v) is 4.41. The van der Waals surface area contributed by atoms with Crippen LogP contribution in [0.1, 0.15) is 16.1 Å². The summed E-state index contributed by atoms with van der Waals surface area (Å²) in [6.45, 7) is 0. The first-order valence-corrected chi connectivity index (χ1v) is 6.34. The van der Waals surface area contributed by atoms with E-state index in [1.54, 1.807) is 30.3 Å². The van der Waals surface area contributed by atoms with Crippen LogP contribution in [0.2, 0.25) is 0 Å². The number of pyridine rings is 1. The van der Waals surface area contributed by atoms with Crippen LogP contribution in [0.25, 0.3) is 10.9 Å². The van der Waals surface area contributed by atoms with E-state index in [-0.39, 0.29) is 5.69 Å². The van der Waals surface area contributed by atoms with E-state index in [1.807, 2.05) is 36.4 Å². The molecular weight excluding hydrogens is 264 g/mol. The van der Waals surface area contributed by atoms with E-state index in [1.165, 1.54) is 0 Å². The zero-order valence-electron chi connectivity index (χ0n) is 11.0. The quantitative estimate of drug-likeness (QED) is 0.531. The van der Waals surface area contributed by atoms with Crippen LogP contribution in [0.4, 0.5) is 0 Å². The Morgan fingerprint density at radius 2 is 1.76 bits per heavy atom. The van der Waals surface area contributed by atoms with Crippen molar-refractivity contribution < 1.29 is 9.53 Å². The molecule has 21 heavy (non-hydrogen) atoms. The molecule has 2 aromatic carbocycles. The van der Waals surface area contributed by atoms with Gasteiger partial charge in [0.1, 0.15) is 11.4 Å². The normalized spacial score (nSPS) is 10.0. The van der Waals surface area contributed by atoms with Gasteiger partial charge in [0.15, 0.2) is 0 Å². The molecule has 4 nitrogen and oxygen atoms in total. The summed E-state index contributed by atoms with van der Waals surface area (Å²) < 4.78 is 5.24. The van der Waals surface area contributed by atoms with Crippen molar-refractivity contribution in [3.8, 4) is 11.8 Å². The predicted octanol–water partition coefficient (Wildman–Crippen LogP) is 3.33. The van der Waals surface area contributed by atoms with Crippen LogP contribution in [0.3, 0.4) is 0 Å². The second-order valence-electron chi connectivity index (χ2n) is 4.41. The van der Waals surface area contributed by atoms with Crippen LogP contribution >= 0.6 is 0 Å². The lowest BCUT2D eigenvalue weighted by molar-refractivity contribution is 0.0729. The SMILES string of the molecule is N#Cc1ccc(OC(=O)c2ccc3ccccc3n2)cc1. The maximum absolute atomic E-state index is 12.1. The summed E-state index contributed by atoms with van der Waals surface area (Å²) in [6, 6.07) is 19.4. The van der Waals surface area contributed by atoms with Gasteiger partial charge in [0, 0.05) is 5.39 Å². The maximum atomic E-state index is 12.1. The van der Waals surface area contributed by atoms with E-state index in [9.17, 15) is 4.79 Å². The van der Waals surface area contributed by atoms with E-state index < -0.39 is 5.97 Å². The van der Waals surface area contributed by atoms with Gasteiger partial charge >= 0.3 is 5.97 Å². The first-order valence-electron chi connectivity index (χ1n) is 6.34. The second kappa shape index (κ2) is 5.43. The van der Waals surface area contributed by atoms with Crippen LogP contribution < -0.4 is 4.74 Å². The largest absolute Gasteiger partial charge is 0.422 e. The lowest BCUT2D eigenvalue weighted by Crippen LogP contribution is -2.10. The zero-order valence-corrected chi connectivity index (χ0v) is 11.0. The van der Waals surface area contributed by atoms with Gasteiger partial charge in [-0.25, -0.2) is 9.78 Å². The number of hydrogen-bond acceptors (Lipinski definition) is 4. The molecule has 0 aliphatic rings. The van der Waals surface area contributed by atoms with Crippen molar-refractivity contribution >= 4 is 16.9 Å². The van der Waals surface area contributed by atoms with Crippen molar-refractivity contribution in [2.24, 2.45) is 0 Å². The lowest BCUT2D eigenvalue weighted by Gasteiger charge is -2.04. The van der Waals surface area contributed by atoms with Crippen molar-refractivity contribution in [2.45, 2.75) is 0 Å². The predicted molar refractivity (Wildman–Crippen MR) is 77.9 cm³/mol. The van der Waals surface area contributed by atoms with Crippen molar-refractivity contribution in [1.29, 1.82) is 5.26 Å². The molecule has 100 valence electrons. The molecule has 4 heteroatoms. The minimum Gasteiger partial charge on any atom is -0.422 e. The van der Waals surface area contributed by atoms with Gasteiger partial charge in [-0.2, -0.15) is 5.26 Å². The summed E-state index contributed by atoms with van der Waals surface area (Å²) in [7, 11) is 0. The minimum absolute atomic E-state index is 0.248. The Morgan fingerprint density at radius 1 is 1.00 bits per heavy atom. The number of carbonyl (C=O) groups is 1. The number of aromatic nitrogens is 1. The molecular formula is C17H10N2O2. The van der Waals surface area contributed by atoms with Gasteiger partial charge in [-0.3, -0.25) is 0 Å². The zero-order chi connectivity index (χ0) is 14.7. The number of rotatable bonds is 2. The molecule has 0 aliphatic heterocycles. The Kier molecular flexibility index (Phi) is 3.32. The Hall–Kier alpha value is -3.19. The van der Waals surface area contributed by atoms with Gasteiger partial charge in [0.05, 0.1) is 17.1 Å². The monoisotopic (exact) mass is 274 g/mol. The van der Waals surface area contributed by atoms with Crippen molar-refractivity contribution in [2.75, 3.05) is 0 Å². The van der Waals surface area contributed by atoms with Crippen molar-refractivity contribution in [3.63, 3.8) is 0 Å². The molecule has 0 unspecified atom stereocenters. The van der Waals surface area contributed by atoms with E-state index >= 15 is 0 Å². The van der Waals surface area contributed by atoms with Crippen molar-refractivity contribution in [1.82, 2.24) is 4.98 Å². The third-order valence-corrected chi connectivity index (χ3v) is 3.00. The van der Waals surface area contributed by atoms with Crippen molar-refractivity contribution in [3.05, 3.63) is 71.9 Å². The van der Waals surface area contributed by atoms with Crippen LogP contribution in [0.5, 0.6) is 5.75 Å². The summed E-state index contributed by atoms with van der Waals surface area (Å²) >= 11 is 0. The number of ether oxygens (including phenoxy) is 1. The number of benzene rings is 2. The smallest absolute Gasteiger partial charge is 0.362 e. The summed E-state index contributed by atoms with van der Waals surface area (Å²) in [4.78, 5) is 16.3. The fourth-order valence-corrected chi connectivity index (χ4v) is 1.94. The molecule has 3 aromatic rings. The van der Waals surface area contributed by atoms with Gasteiger partial charge in [0.25, 0.3) is 0 Å². The summed E-state index contributed by atoms with van der Waals surface area (Å²) in [6.07, 6.45) is 0. The third kappa shape index (κ3) is 2.72. The average molecular weight is 274 g/mol. The maximum Gasteiger partial charge on any atom is 0.362 e. The summed E-state index contributed by atoms with van der Waals surface area (Å²) in [5.74, 6) is -0.139. The molecule has 0 spiro atoms. The average Bonchev–Trinajstić information content (AvgIpc) is 2.55. The number of nitrogens with zero attached hydrogens (tertiary/aromatic N) is 2. The number of esters is 1. The highest BCUT2D eigenvalue weighted by atomic mass is 16.5. The van der Waals surface area contributed by atoms with E-state index in [4.69, 9.17) is 10.00 Å². The summed E-state index contributed by atoms with van der Waals surface area (Å²) in [5.41, 5.74) is 1.50. The van der Waals surface area contributed by atoms with Crippen LogP contribution in [0, 0.1) is 11.3 Å². The fourth-order valence-electron chi connectivity index (χ4n) is 1.94. The molecule has 0 atom stereocenters. The van der Waals surface area contributed by atoms with Gasteiger partial charge in [0.2, 0.25) is 0 Å². The van der Waals surface area contributed by atoms with E-state index in [2.05, 4.69) is 4.98 Å². The molecule has 0 radical (unpaired) electrons. The molecule has 0 saturated carbocycles. The minimum atomic E-state index is -0.523. The van der Waals surface area contributed by atoms with Crippen LogP contribution in [0.15, 0.2) is 60.7 Å². The Morgan fingerprint density at radius 3 is 2.52 bits per heavy atom. The Balaban J connectivity index is 1.84. The Labute approximate surface area is 121 Å². The first kappa shape index (κ1) is 12.8. The third-order valence-electron chi connectivity index (χ3n) is 3.00. The molecule has 0 fully saturated rings. The van der Waals surface area contributed by atoms with Gasteiger partial charge in [-0.15, -0.1) is 0 Å². The molecule has 0 N–H and O–H groups in total. The van der Waals surface area contributed by atoms with Gasteiger partial charge in [-0.1, -0.05) is 24.3 Å². The van der Waals surface area contributed by atoms with Crippen LogP contribution in [-0.4, -0.2) is 11.0 Å². The topological polar surface area (TPSA) is 63.0 Å². The standard InChI is InChI=1S/C17H10N2O2/c18-11-12-5-8-14(9-6-12)21-17(20)16-10-7-13-3-1-2-4-15(13)19-16/h1-10H. The van der Waals surface area contributed by atoms with E-state index in [0.29, 0.717) is 11.3 Å². The highest BCUT2D eigenvalue weighted by molar-refractivity contribution is 5.92.